The van der Waals surface area contributed by atoms with Gasteiger partial charge in [-0.3, -0.25) is 19.3 Å². The Labute approximate surface area is 232 Å². The first-order valence-corrected chi connectivity index (χ1v) is 12.1. The lowest BCUT2D eigenvalue weighted by molar-refractivity contribution is -0.132. The summed E-state index contributed by atoms with van der Waals surface area (Å²) in [6, 6.07) is 15.9. The van der Waals surface area contributed by atoms with Gasteiger partial charge in [0.25, 0.3) is 11.7 Å². The number of Topliss-reactive ketones (excluding diaryl/α,β-unsaturated/α-hetero) is 1. The Morgan fingerprint density at radius 3 is 2.31 bits per heavy atom. The number of amides is 2. The summed E-state index contributed by atoms with van der Waals surface area (Å²) in [7, 11) is 1.50. The maximum absolute atomic E-state index is 13.3. The zero-order valence-corrected chi connectivity index (χ0v) is 21.7. The van der Waals surface area contributed by atoms with Crippen LogP contribution < -0.4 is 15.0 Å². The molecule has 1 atom stereocenters. The fourth-order valence-electron chi connectivity index (χ4n) is 4.07. The van der Waals surface area contributed by atoms with Crippen LogP contribution in [0.25, 0.3) is 5.76 Å². The molecule has 3 aromatic carbocycles. The van der Waals surface area contributed by atoms with Crippen LogP contribution in [0.15, 0.2) is 84.5 Å². The Balaban J connectivity index is 1.83. The molecule has 1 aliphatic heterocycles. The van der Waals surface area contributed by atoms with Crippen molar-refractivity contribution in [2.75, 3.05) is 17.3 Å². The van der Waals surface area contributed by atoms with Gasteiger partial charge in [-0.05, 0) is 54.1 Å². The second kappa shape index (κ2) is 11.4. The van der Waals surface area contributed by atoms with Crippen molar-refractivity contribution in [1.29, 1.82) is 0 Å². The van der Waals surface area contributed by atoms with Crippen molar-refractivity contribution in [1.82, 2.24) is 0 Å². The monoisotopic (exact) mass is 566 g/mol. The van der Waals surface area contributed by atoms with Gasteiger partial charge in [0.05, 0.1) is 28.8 Å². The molecule has 0 spiro atoms. The summed E-state index contributed by atoms with van der Waals surface area (Å²) < 4.78 is 5.19. The van der Waals surface area contributed by atoms with E-state index in [2.05, 4.69) is 5.32 Å². The topological polar surface area (TPSA) is 133 Å². The Morgan fingerprint density at radius 2 is 1.67 bits per heavy atom. The lowest BCUT2D eigenvalue weighted by Crippen LogP contribution is -2.29. The second-order valence-corrected chi connectivity index (χ2v) is 9.10. The molecular formula is C28H20Cl2N2O7. The van der Waals surface area contributed by atoms with E-state index in [9.17, 15) is 24.3 Å². The van der Waals surface area contributed by atoms with Gasteiger partial charge in [0.15, 0.2) is 0 Å². The molecule has 4 rings (SSSR count). The molecule has 1 heterocycles. The first-order chi connectivity index (χ1) is 18.6. The van der Waals surface area contributed by atoms with Gasteiger partial charge in [-0.15, -0.1) is 0 Å². The van der Waals surface area contributed by atoms with E-state index in [4.69, 9.17) is 33.0 Å². The zero-order valence-electron chi connectivity index (χ0n) is 20.2. The molecule has 0 aliphatic carbocycles. The number of halogens is 2. The fourth-order valence-corrected chi connectivity index (χ4v) is 4.38. The molecule has 1 unspecified atom stereocenters. The number of aliphatic hydroxyl groups is 1. The number of carboxylic acids is 1. The minimum absolute atomic E-state index is 0.132. The number of benzene rings is 3. The number of carboxylic acid groups (broad SMARTS) is 1. The van der Waals surface area contributed by atoms with E-state index in [1.54, 1.807) is 30.3 Å². The smallest absolute Gasteiger partial charge is 0.328 e. The molecular weight excluding hydrogens is 547 g/mol. The molecule has 1 fully saturated rings. The van der Waals surface area contributed by atoms with Gasteiger partial charge < -0.3 is 20.3 Å². The predicted octanol–water partition coefficient (Wildman–Crippen LogP) is 5.21. The van der Waals surface area contributed by atoms with E-state index < -0.39 is 35.4 Å². The average molecular weight is 567 g/mol. The normalized spacial score (nSPS) is 16.5. The molecule has 1 aliphatic rings. The molecule has 2 amide bonds. The number of anilines is 2. The largest absolute Gasteiger partial charge is 0.507 e. The number of aliphatic hydroxyl groups excluding tert-OH is 1. The molecule has 11 heteroatoms. The number of aliphatic carboxylic acids is 1. The molecule has 198 valence electrons. The number of methoxy groups -OCH3 is 1. The highest BCUT2D eigenvalue weighted by Crippen LogP contribution is 2.43. The van der Waals surface area contributed by atoms with Gasteiger partial charge >= 0.3 is 5.97 Å². The molecule has 0 aromatic heterocycles. The third kappa shape index (κ3) is 5.79. The minimum atomic E-state index is -1.29. The summed E-state index contributed by atoms with van der Waals surface area (Å²) >= 11 is 12.4. The highest BCUT2D eigenvalue weighted by molar-refractivity contribution is 6.52. The van der Waals surface area contributed by atoms with Crippen molar-refractivity contribution in [2.45, 2.75) is 6.04 Å². The number of carbonyl (C=O) groups excluding carboxylic acids is 3. The van der Waals surface area contributed by atoms with Crippen LogP contribution >= 0.6 is 23.2 Å². The molecule has 39 heavy (non-hydrogen) atoms. The number of rotatable bonds is 7. The summed E-state index contributed by atoms with van der Waals surface area (Å²) in [4.78, 5) is 50.6. The van der Waals surface area contributed by atoms with Crippen LogP contribution in [0.2, 0.25) is 10.0 Å². The number of hydrogen-bond donors (Lipinski definition) is 3. The summed E-state index contributed by atoms with van der Waals surface area (Å²) in [6.45, 7) is 0. The molecule has 1 saturated heterocycles. The number of ketones is 1. The first kappa shape index (κ1) is 27.4. The predicted molar refractivity (Wildman–Crippen MR) is 146 cm³/mol. The Kier molecular flexibility index (Phi) is 8.04. The first-order valence-electron chi connectivity index (χ1n) is 11.3. The molecule has 3 N–H and O–H groups in total. The lowest BCUT2D eigenvalue weighted by Gasteiger charge is -2.26. The molecule has 3 aromatic rings. The Bertz CT molecular complexity index is 1550. The maximum atomic E-state index is 13.3. The number of carbonyl (C=O) groups is 4. The average Bonchev–Trinajstić information content (AvgIpc) is 3.19. The summed E-state index contributed by atoms with van der Waals surface area (Å²) in [6.07, 6.45) is 1.51. The van der Waals surface area contributed by atoms with Crippen LogP contribution in [0.5, 0.6) is 5.75 Å². The number of ether oxygens (including phenoxy) is 1. The van der Waals surface area contributed by atoms with E-state index in [1.807, 2.05) is 0 Å². The lowest BCUT2D eigenvalue weighted by atomic mass is 9.95. The molecule has 0 radical (unpaired) electrons. The number of hydrogen-bond acceptors (Lipinski definition) is 6. The van der Waals surface area contributed by atoms with Crippen LogP contribution in [0, 0.1) is 0 Å². The second-order valence-electron chi connectivity index (χ2n) is 8.28. The van der Waals surface area contributed by atoms with Crippen molar-refractivity contribution < 1.29 is 34.1 Å². The van der Waals surface area contributed by atoms with Crippen LogP contribution in [0.1, 0.15) is 17.2 Å². The van der Waals surface area contributed by atoms with E-state index >= 15 is 0 Å². The van der Waals surface area contributed by atoms with Crippen molar-refractivity contribution in [2.24, 2.45) is 0 Å². The summed E-state index contributed by atoms with van der Waals surface area (Å²) in [5.41, 5.74) is 0.939. The Hall–Kier alpha value is -4.60. The van der Waals surface area contributed by atoms with Gasteiger partial charge in [-0.2, -0.15) is 0 Å². The van der Waals surface area contributed by atoms with E-state index in [1.165, 1.54) is 48.4 Å². The molecule has 0 bridgehead atoms. The standard InChI is InChI=1S/C28H20Cl2N2O7/c1-39-19-8-6-18(7-9-19)32-25(15-5-10-20(29)21(30)14-15)24(27(37)28(32)38)26(36)16-3-2-4-17(13-16)31-22(33)11-12-23(34)35/h2-14,25,36H,1H3,(H,31,33)(H,34,35). The van der Waals surface area contributed by atoms with Gasteiger partial charge in [0.2, 0.25) is 5.91 Å². The third-order valence-electron chi connectivity index (χ3n) is 5.84. The van der Waals surface area contributed by atoms with E-state index in [-0.39, 0.29) is 26.9 Å². The zero-order chi connectivity index (χ0) is 28.3. The van der Waals surface area contributed by atoms with Crippen molar-refractivity contribution in [3.05, 3.63) is 106 Å². The Morgan fingerprint density at radius 1 is 0.949 bits per heavy atom. The molecule has 0 saturated carbocycles. The van der Waals surface area contributed by atoms with Crippen LogP contribution in [-0.2, 0) is 19.2 Å². The number of nitrogens with one attached hydrogen (secondary N) is 1. The van der Waals surface area contributed by atoms with E-state index in [0.717, 1.165) is 6.08 Å². The van der Waals surface area contributed by atoms with Crippen molar-refractivity contribution in [3.8, 4) is 5.75 Å². The third-order valence-corrected chi connectivity index (χ3v) is 6.57. The number of nitrogens with zero attached hydrogens (tertiary/aromatic N) is 1. The fraction of sp³-hybridized carbons (Fsp3) is 0.0714. The van der Waals surface area contributed by atoms with Gasteiger partial charge in [-0.25, -0.2) is 4.79 Å². The quantitative estimate of drug-likeness (QED) is 0.203. The van der Waals surface area contributed by atoms with Gasteiger partial charge in [-0.1, -0.05) is 41.4 Å². The summed E-state index contributed by atoms with van der Waals surface area (Å²) in [5.74, 6) is -3.76. The summed E-state index contributed by atoms with van der Waals surface area (Å²) in [5, 5.41) is 23.0. The minimum Gasteiger partial charge on any atom is -0.507 e. The maximum Gasteiger partial charge on any atom is 0.328 e. The van der Waals surface area contributed by atoms with Gasteiger partial charge in [0, 0.05) is 29.1 Å². The van der Waals surface area contributed by atoms with E-state index in [0.29, 0.717) is 23.1 Å². The molecule has 9 nitrogen and oxygen atoms in total. The highest BCUT2D eigenvalue weighted by atomic mass is 35.5. The van der Waals surface area contributed by atoms with Crippen molar-refractivity contribution >= 4 is 63.9 Å². The highest BCUT2D eigenvalue weighted by Gasteiger charge is 2.47. The van der Waals surface area contributed by atoms with Crippen LogP contribution in [0.4, 0.5) is 11.4 Å². The van der Waals surface area contributed by atoms with Crippen molar-refractivity contribution in [3.63, 3.8) is 0 Å². The van der Waals surface area contributed by atoms with Crippen LogP contribution in [-0.4, -0.2) is 40.9 Å². The SMILES string of the molecule is COc1ccc(N2C(=O)C(=O)C(=C(O)c3cccc(NC(=O)C=CC(=O)O)c3)C2c2ccc(Cl)c(Cl)c2)cc1. The van der Waals surface area contributed by atoms with Crippen LogP contribution in [0.3, 0.4) is 0 Å². The van der Waals surface area contributed by atoms with Gasteiger partial charge in [0.1, 0.15) is 11.5 Å².